The molecule has 3 heterocycles. The van der Waals surface area contributed by atoms with Crippen molar-refractivity contribution in [3.63, 3.8) is 0 Å². The highest BCUT2D eigenvalue weighted by atomic mass is 19.1. The minimum absolute atomic E-state index is 0.211. The molecule has 0 bridgehead atoms. The van der Waals surface area contributed by atoms with Crippen molar-refractivity contribution >= 4 is 16.7 Å². The van der Waals surface area contributed by atoms with Crippen molar-refractivity contribution in [2.75, 3.05) is 25.5 Å². The van der Waals surface area contributed by atoms with Gasteiger partial charge in [-0.25, -0.2) is 4.39 Å². The molecule has 1 fully saturated rings. The Labute approximate surface area is 187 Å². The number of likely N-dealkylation sites (tertiary alicyclic amines) is 1. The van der Waals surface area contributed by atoms with Gasteiger partial charge < -0.3 is 10.2 Å². The van der Waals surface area contributed by atoms with Gasteiger partial charge in [0, 0.05) is 29.6 Å². The van der Waals surface area contributed by atoms with Gasteiger partial charge in [0.2, 0.25) is 0 Å². The van der Waals surface area contributed by atoms with Crippen molar-refractivity contribution in [2.45, 2.75) is 25.8 Å². The van der Waals surface area contributed by atoms with Crippen LogP contribution < -0.4 is 5.32 Å². The summed E-state index contributed by atoms with van der Waals surface area (Å²) < 4.78 is 13.9. The molecule has 2 aromatic carbocycles. The molecule has 0 saturated carbocycles. The third-order valence-electron chi connectivity index (χ3n) is 6.19. The minimum atomic E-state index is -0.211. The number of fused-ring (bicyclic) bond motifs is 1. The predicted molar refractivity (Wildman–Crippen MR) is 127 cm³/mol. The summed E-state index contributed by atoms with van der Waals surface area (Å²) in [5, 5.41) is 3.67. The van der Waals surface area contributed by atoms with Crippen LogP contribution in [0.2, 0.25) is 0 Å². The summed E-state index contributed by atoms with van der Waals surface area (Å²) >= 11 is 0. The number of nitrogens with zero attached hydrogens (tertiary/aromatic N) is 4. The molecule has 1 aliphatic rings. The van der Waals surface area contributed by atoms with Crippen molar-refractivity contribution in [3.8, 4) is 22.4 Å². The first-order valence-corrected chi connectivity index (χ1v) is 11.0. The summed E-state index contributed by atoms with van der Waals surface area (Å²) in [6, 6.07) is 13.8. The van der Waals surface area contributed by atoms with E-state index in [4.69, 9.17) is 4.98 Å². The smallest absolute Gasteiger partial charge is 0.126 e. The van der Waals surface area contributed by atoms with Crippen LogP contribution in [0.25, 0.3) is 33.4 Å². The Morgan fingerprint density at radius 1 is 0.906 bits per heavy atom. The normalized spacial score (nSPS) is 15.2. The topological polar surface area (TPSA) is 53.9 Å². The van der Waals surface area contributed by atoms with E-state index in [1.54, 1.807) is 25.4 Å². The van der Waals surface area contributed by atoms with E-state index in [2.05, 4.69) is 33.3 Å². The zero-order valence-electron chi connectivity index (χ0n) is 18.3. The summed E-state index contributed by atoms with van der Waals surface area (Å²) in [5.74, 6) is -0.211. The quantitative estimate of drug-likeness (QED) is 0.478. The number of anilines is 1. The molecule has 1 aliphatic heterocycles. The van der Waals surface area contributed by atoms with E-state index in [0.717, 1.165) is 65.0 Å². The lowest BCUT2D eigenvalue weighted by Gasteiger charge is -2.30. The maximum Gasteiger partial charge on any atom is 0.126 e. The zero-order valence-corrected chi connectivity index (χ0v) is 18.3. The van der Waals surface area contributed by atoms with E-state index in [1.165, 1.54) is 6.07 Å². The molecule has 1 N–H and O–H groups in total. The molecule has 6 heteroatoms. The van der Waals surface area contributed by atoms with Crippen LogP contribution in [0.3, 0.4) is 0 Å². The maximum absolute atomic E-state index is 13.9. The molecule has 0 unspecified atom stereocenters. The van der Waals surface area contributed by atoms with Gasteiger partial charge in [-0.3, -0.25) is 15.0 Å². The Balaban J connectivity index is 1.58. The highest BCUT2D eigenvalue weighted by molar-refractivity contribution is 5.88. The third-order valence-corrected chi connectivity index (χ3v) is 6.19. The average Bonchev–Trinajstić information content (AvgIpc) is 2.82. The molecular formula is C26H26FN5. The van der Waals surface area contributed by atoms with Crippen LogP contribution in [0, 0.1) is 12.7 Å². The van der Waals surface area contributed by atoms with Crippen LogP contribution in [-0.4, -0.2) is 46.0 Å². The average molecular weight is 428 g/mol. The lowest BCUT2D eigenvalue weighted by atomic mass is 9.97. The molecule has 0 aliphatic carbocycles. The maximum atomic E-state index is 13.9. The monoisotopic (exact) mass is 427 g/mol. The SMILES string of the molecule is Cc1cc(-c2ncc(NC3CCN(C)CC3)cc2-c2ccc3nccnc3c2)ccc1F. The zero-order chi connectivity index (χ0) is 22.1. The van der Waals surface area contributed by atoms with E-state index >= 15 is 0 Å². The summed E-state index contributed by atoms with van der Waals surface area (Å²) in [6.45, 7) is 3.96. The standard InChI is InChI=1S/C26H26FN5/c1-17-13-19(3-5-23(17)27)26-22(18-4-6-24-25(14-18)29-10-9-28-24)15-21(16-30-26)31-20-7-11-32(2)12-8-20/h3-6,9-10,13-16,20,31H,7-8,11-12H2,1-2H3. The fraction of sp³-hybridized carbons (Fsp3) is 0.269. The van der Waals surface area contributed by atoms with Gasteiger partial charge in [-0.1, -0.05) is 6.07 Å². The summed E-state index contributed by atoms with van der Waals surface area (Å²) in [4.78, 5) is 16.0. The van der Waals surface area contributed by atoms with Gasteiger partial charge in [0.05, 0.1) is 28.6 Å². The Morgan fingerprint density at radius 3 is 2.44 bits per heavy atom. The second-order valence-corrected chi connectivity index (χ2v) is 8.57. The molecule has 0 amide bonds. The molecule has 32 heavy (non-hydrogen) atoms. The van der Waals surface area contributed by atoms with Gasteiger partial charge in [0.1, 0.15) is 5.82 Å². The molecule has 4 aromatic rings. The number of benzene rings is 2. The molecule has 162 valence electrons. The second-order valence-electron chi connectivity index (χ2n) is 8.57. The summed E-state index contributed by atoms with van der Waals surface area (Å²) in [7, 11) is 2.16. The molecule has 0 atom stereocenters. The molecule has 2 aromatic heterocycles. The van der Waals surface area contributed by atoms with Crippen molar-refractivity contribution in [3.05, 3.63) is 72.4 Å². The van der Waals surface area contributed by atoms with Crippen molar-refractivity contribution in [1.29, 1.82) is 0 Å². The fourth-order valence-electron chi connectivity index (χ4n) is 4.31. The first-order chi connectivity index (χ1) is 15.6. The number of aromatic nitrogens is 3. The number of pyridine rings is 1. The molecular weight excluding hydrogens is 401 g/mol. The van der Waals surface area contributed by atoms with E-state index in [-0.39, 0.29) is 5.82 Å². The summed E-state index contributed by atoms with van der Waals surface area (Å²) in [5.41, 5.74) is 7.00. The molecule has 5 rings (SSSR count). The molecule has 0 radical (unpaired) electrons. The highest BCUT2D eigenvalue weighted by Gasteiger charge is 2.18. The number of aryl methyl sites for hydroxylation is 1. The molecule has 5 nitrogen and oxygen atoms in total. The first-order valence-electron chi connectivity index (χ1n) is 11.0. The lowest BCUT2D eigenvalue weighted by Crippen LogP contribution is -2.36. The van der Waals surface area contributed by atoms with E-state index in [1.807, 2.05) is 30.5 Å². The third kappa shape index (κ3) is 4.18. The van der Waals surface area contributed by atoms with Crippen molar-refractivity contribution in [2.24, 2.45) is 0 Å². The van der Waals surface area contributed by atoms with Gasteiger partial charge in [-0.05, 0) is 87.4 Å². The number of piperidine rings is 1. The van der Waals surface area contributed by atoms with Crippen LogP contribution >= 0.6 is 0 Å². The second kappa shape index (κ2) is 8.63. The van der Waals surface area contributed by atoms with E-state index in [9.17, 15) is 4.39 Å². The van der Waals surface area contributed by atoms with E-state index < -0.39 is 0 Å². The van der Waals surface area contributed by atoms with Gasteiger partial charge in [0.25, 0.3) is 0 Å². The highest BCUT2D eigenvalue weighted by Crippen LogP contribution is 2.34. The predicted octanol–water partition coefficient (Wildman–Crippen LogP) is 5.31. The Morgan fingerprint density at radius 2 is 1.66 bits per heavy atom. The van der Waals surface area contributed by atoms with Crippen LogP contribution in [-0.2, 0) is 0 Å². The van der Waals surface area contributed by atoms with Crippen LogP contribution in [0.15, 0.2) is 61.1 Å². The number of nitrogens with one attached hydrogen (secondary N) is 1. The molecule has 0 spiro atoms. The Kier molecular flexibility index (Phi) is 5.53. The lowest BCUT2D eigenvalue weighted by molar-refractivity contribution is 0.264. The van der Waals surface area contributed by atoms with Gasteiger partial charge in [-0.15, -0.1) is 0 Å². The van der Waals surface area contributed by atoms with Gasteiger partial charge in [-0.2, -0.15) is 0 Å². The van der Waals surface area contributed by atoms with Crippen LogP contribution in [0.4, 0.5) is 10.1 Å². The Hall–Kier alpha value is -3.38. The first kappa shape index (κ1) is 20.5. The van der Waals surface area contributed by atoms with Gasteiger partial charge >= 0.3 is 0 Å². The van der Waals surface area contributed by atoms with Crippen LogP contribution in [0.1, 0.15) is 18.4 Å². The van der Waals surface area contributed by atoms with Crippen molar-refractivity contribution < 1.29 is 4.39 Å². The summed E-state index contributed by atoms with van der Waals surface area (Å²) in [6.07, 6.45) is 7.50. The van der Waals surface area contributed by atoms with Crippen molar-refractivity contribution in [1.82, 2.24) is 19.9 Å². The number of hydrogen-bond acceptors (Lipinski definition) is 5. The minimum Gasteiger partial charge on any atom is -0.381 e. The fourth-order valence-corrected chi connectivity index (χ4v) is 4.31. The van der Waals surface area contributed by atoms with Gasteiger partial charge in [0.15, 0.2) is 0 Å². The van der Waals surface area contributed by atoms with E-state index in [0.29, 0.717) is 11.6 Å². The largest absolute Gasteiger partial charge is 0.381 e. The number of rotatable bonds is 4. The van der Waals surface area contributed by atoms with Crippen LogP contribution in [0.5, 0.6) is 0 Å². The number of halogens is 1. The molecule has 1 saturated heterocycles. The Bertz CT molecular complexity index is 1260. The number of hydrogen-bond donors (Lipinski definition) is 1.